The van der Waals surface area contributed by atoms with E-state index in [4.69, 9.17) is 9.15 Å². The summed E-state index contributed by atoms with van der Waals surface area (Å²) >= 11 is 3.19. The van der Waals surface area contributed by atoms with Gasteiger partial charge in [0.05, 0.1) is 13.2 Å². The number of rotatable bonds is 4. The molecule has 0 aliphatic rings. The first-order valence-corrected chi connectivity index (χ1v) is 8.31. The normalized spacial score (nSPS) is 11.0. The third kappa shape index (κ3) is 3.21. The Bertz CT molecular complexity index is 1030. The summed E-state index contributed by atoms with van der Waals surface area (Å²) in [5.74, 6) is -0.841. The number of esters is 1. The van der Waals surface area contributed by atoms with Crippen LogP contribution < -0.4 is 5.56 Å². The third-order valence-corrected chi connectivity index (χ3v) is 4.18. The number of hydrogen-bond acceptors (Lipinski definition) is 5. The average Bonchev–Trinajstić information content (AvgIpc) is 2.89. The van der Waals surface area contributed by atoms with E-state index in [1.165, 1.54) is 17.0 Å². The molecule has 0 saturated carbocycles. The first kappa shape index (κ1) is 17.3. The SMILES string of the molecule is CCOC(=O)c1c(C)oc2ncn(Cc3ccc(Br)cc3F)c(=O)c12. The van der Waals surface area contributed by atoms with Gasteiger partial charge in [0, 0.05) is 10.0 Å². The molecule has 3 rings (SSSR count). The Morgan fingerprint density at radius 2 is 2.20 bits per heavy atom. The fourth-order valence-corrected chi connectivity index (χ4v) is 2.87. The standard InChI is InChI=1S/C17H14BrFN2O4/c1-3-24-17(23)13-9(2)25-15-14(13)16(22)21(8-20-15)7-10-4-5-11(18)6-12(10)19/h4-6,8H,3,7H2,1-2H3. The van der Waals surface area contributed by atoms with Crippen LogP contribution in [0, 0.1) is 12.7 Å². The number of fused-ring (bicyclic) bond motifs is 1. The first-order chi connectivity index (χ1) is 11.9. The van der Waals surface area contributed by atoms with Gasteiger partial charge in [0.2, 0.25) is 5.71 Å². The molecule has 25 heavy (non-hydrogen) atoms. The summed E-state index contributed by atoms with van der Waals surface area (Å²) in [7, 11) is 0. The minimum absolute atomic E-state index is 0.0205. The van der Waals surface area contributed by atoms with E-state index in [0.717, 1.165) is 0 Å². The summed E-state index contributed by atoms with van der Waals surface area (Å²) in [5, 5.41) is 0.0379. The van der Waals surface area contributed by atoms with Gasteiger partial charge in [0.25, 0.3) is 5.56 Å². The molecule has 2 aromatic heterocycles. The molecule has 0 fully saturated rings. The molecule has 0 aliphatic carbocycles. The first-order valence-electron chi connectivity index (χ1n) is 7.52. The molecule has 0 saturated heterocycles. The highest BCUT2D eigenvalue weighted by Crippen LogP contribution is 2.22. The van der Waals surface area contributed by atoms with Gasteiger partial charge in [-0.05, 0) is 26.0 Å². The zero-order valence-electron chi connectivity index (χ0n) is 13.5. The largest absolute Gasteiger partial charge is 0.462 e. The Morgan fingerprint density at radius 1 is 1.44 bits per heavy atom. The van der Waals surface area contributed by atoms with E-state index in [-0.39, 0.29) is 35.6 Å². The summed E-state index contributed by atoms with van der Waals surface area (Å²) < 4.78 is 26.2. The lowest BCUT2D eigenvalue weighted by Crippen LogP contribution is -2.23. The van der Waals surface area contributed by atoms with Crippen molar-refractivity contribution in [3.8, 4) is 0 Å². The molecule has 8 heteroatoms. The second-order valence-electron chi connectivity index (χ2n) is 5.35. The monoisotopic (exact) mass is 408 g/mol. The highest BCUT2D eigenvalue weighted by atomic mass is 79.9. The van der Waals surface area contributed by atoms with E-state index in [1.807, 2.05) is 0 Å². The van der Waals surface area contributed by atoms with E-state index < -0.39 is 17.3 Å². The van der Waals surface area contributed by atoms with E-state index >= 15 is 0 Å². The molecule has 3 aromatic rings. The van der Waals surface area contributed by atoms with E-state index in [1.54, 1.807) is 26.0 Å². The fourth-order valence-electron chi connectivity index (χ4n) is 2.53. The number of aryl methyl sites for hydroxylation is 1. The van der Waals surface area contributed by atoms with Crippen molar-refractivity contribution in [2.45, 2.75) is 20.4 Å². The number of carbonyl (C=O) groups is 1. The van der Waals surface area contributed by atoms with Crippen molar-refractivity contribution in [2.24, 2.45) is 0 Å². The second kappa shape index (κ2) is 6.79. The van der Waals surface area contributed by atoms with Crippen molar-refractivity contribution in [1.29, 1.82) is 0 Å². The predicted molar refractivity (Wildman–Crippen MR) is 92.2 cm³/mol. The number of hydrogen-bond donors (Lipinski definition) is 0. The molecule has 0 amide bonds. The maximum atomic E-state index is 14.0. The topological polar surface area (TPSA) is 74.3 Å². The molecule has 1 aromatic carbocycles. The van der Waals surface area contributed by atoms with Gasteiger partial charge in [-0.15, -0.1) is 0 Å². The van der Waals surface area contributed by atoms with E-state index in [0.29, 0.717) is 10.0 Å². The molecular formula is C17H14BrFN2O4. The van der Waals surface area contributed by atoms with Gasteiger partial charge in [-0.25, -0.2) is 14.2 Å². The lowest BCUT2D eigenvalue weighted by atomic mass is 10.2. The van der Waals surface area contributed by atoms with Crippen molar-refractivity contribution < 1.29 is 18.3 Å². The van der Waals surface area contributed by atoms with Crippen molar-refractivity contribution in [1.82, 2.24) is 9.55 Å². The van der Waals surface area contributed by atoms with Crippen molar-refractivity contribution in [2.75, 3.05) is 6.61 Å². The van der Waals surface area contributed by atoms with Crippen LogP contribution in [0.5, 0.6) is 0 Å². The summed E-state index contributed by atoms with van der Waals surface area (Å²) in [4.78, 5) is 29.0. The van der Waals surface area contributed by atoms with Crippen LogP contribution in [0.1, 0.15) is 28.6 Å². The lowest BCUT2D eigenvalue weighted by Gasteiger charge is -2.07. The van der Waals surface area contributed by atoms with Gasteiger partial charge in [0.1, 0.15) is 28.9 Å². The maximum Gasteiger partial charge on any atom is 0.342 e. The lowest BCUT2D eigenvalue weighted by molar-refractivity contribution is 0.0526. The Morgan fingerprint density at radius 3 is 2.88 bits per heavy atom. The van der Waals surface area contributed by atoms with Crippen LogP contribution in [-0.2, 0) is 11.3 Å². The van der Waals surface area contributed by atoms with Gasteiger partial charge in [-0.3, -0.25) is 9.36 Å². The third-order valence-electron chi connectivity index (χ3n) is 3.69. The fraction of sp³-hybridized carbons (Fsp3) is 0.235. The Labute approximate surface area is 150 Å². The van der Waals surface area contributed by atoms with E-state index in [2.05, 4.69) is 20.9 Å². The van der Waals surface area contributed by atoms with Crippen molar-refractivity contribution in [3.63, 3.8) is 0 Å². The predicted octanol–water partition coefficient (Wildman–Crippen LogP) is 3.42. The molecule has 0 aliphatic heterocycles. The van der Waals surface area contributed by atoms with Crippen LogP contribution >= 0.6 is 15.9 Å². The van der Waals surface area contributed by atoms with Crippen LogP contribution in [0.3, 0.4) is 0 Å². The number of ether oxygens (including phenoxy) is 1. The summed E-state index contributed by atoms with van der Waals surface area (Å²) in [6.07, 6.45) is 1.27. The van der Waals surface area contributed by atoms with Gasteiger partial charge in [-0.2, -0.15) is 0 Å². The molecule has 0 bridgehead atoms. The number of aromatic nitrogens is 2. The minimum Gasteiger partial charge on any atom is -0.462 e. The highest BCUT2D eigenvalue weighted by Gasteiger charge is 2.24. The van der Waals surface area contributed by atoms with Crippen LogP contribution in [0.4, 0.5) is 4.39 Å². The second-order valence-corrected chi connectivity index (χ2v) is 6.26. The zero-order chi connectivity index (χ0) is 18.1. The number of benzene rings is 1. The quantitative estimate of drug-likeness (QED) is 0.618. The van der Waals surface area contributed by atoms with Crippen LogP contribution in [0.2, 0.25) is 0 Å². The Hall–Kier alpha value is -2.48. The highest BCUT2D eigenvalue weighted by molar-refractivity contribution is 9.10. The number of halogens is 2. The molecule has 0 spiro atoms. The van der Waals surface area contributed by atoms with Crippen LogP contribution in [0.15, 0.2) is 38.2 Å². The summed E-state index contributed by atoms with van der Waals surface area (Å²) in [5.41, 5.74) is -0.0605. The molecule has 2 heterocycles. The number of furan rings is 1. The van der Waals surface area contributed by atoms with Gasteiger partial charge < -0.3 is 9.15 Å². The van der Waals surface area contributed by atoms with E-state index in [9.17, 15) is 14.0 Å². The molecule has 6 nitrogen and oxygen atoms in total. The van der Waals surface area contributed by atoms with Crippen LogP contribution in [-0.4, -0.2) is 22.1 Å². The Balaban J connectivity index is 2.12. The van der Waals surface area contributed by atoms with Gasteiger partial charge in [-0.1, -0.05) is 22.0 Å². The van der Waals surface area contributed by atoms with Gasteiger partial charge >= 0.3 is 5.97 Å². The Kier molecular flexibility index (Phi) is 4.71. The summed E-state index contributed by atoms with van der Waals surface area (Å²) in [6, 6.07) is 4.57. The smallest absolute Gasteiger partial charge is 0.342 e. The molecule has 130 valence electrons. The maximum absolute atomic E-state index is 14.0. The molecule has 0 atom stereocenters. The molecular weight excluding hydrogens is 395 g/mol. The van der Waals surface area contributed by atoms with Gasteiger partial charge in [0.15, 0.2) is 0 Å². The number of nitrogens with zero attached hydrogens (tertiary/aromatic N) is 2. The average molecular weight is 409 g/mol. The minimum atomic E-state index is -0.648. The van der Waals surface area contributed by atoms with Crippen molar-refractivity contribution in [3.05, 3.63) is 62.1 Å². The molecule has 0 N–H and O–H groups in total. The number of carbonyl (C=O) groups excluding carboxylic acids is 1. The molecule has 0 radical (unpaired) electrons. The summed E-state index contributed by atoms with van der Waals surface area (Å²) in [6.45, 7) is 3.38. The zero-order valence-corrected chi connectivity index (χ0v) is 15.1. The van der Waals surface area contributed by atoms with Crippen molar-refractivity contribution >= 4 is 33.0 Å². The van der Waals surface area contributed by atoms with Crippen LogP contribution in [0.25, 0.3) is 11.1 Å². The molecule has 0 unspecified atom stereocenters.